The molecule has 3 rings (SSSR count). The summed E-state index contributed by atoms with van der Waals surface area (Å²) in [6, 6.07) is 8.52. The van der Waals surface area contributed by atoms with E-state index in [1.54, 1.807) is 24.3 Å². The number of carbonyl (C=O) groups excluding carboxylic acids is 1. The standard InChI is InChI=1S/C30H42O12/c1-6-32-16-37-22-14-25(40-19-35-9-4)27(26(15-22)41-20-36-10-5)28(31)30-29(42-30)21-11-12-23(38-17-33-7-2)24(13-21)39-18-34-8-3/h11-15,29-30H,6-10,16-20H2,1-5H3/t29-,30+/m0/s1. The Kier molecular flexibility index (Phi) is 14.6. The summed E-state index contributed by atoms with van der Waals surface area (Å²) < 4.78 is 61.4. The molecule has 0 aromatic heterocycles. The lowest BCUT2D eigenvalue weighted by atomic mass is 10.0. The van der Waals surface area contributed by atoms with Gasteiger partial charge in [-0.2, -0.15) is 0 Å². The molecule has 0 N–H and O–H groups in total. The van der Waals surface area contributed by atoms with Crippen LogP contribution in [0.4, 0.5) is 0 Å². The lowest BCUT2D eigenvalue weighted by Gasteiger charge is -2.17. The highest BCUT2D eigenvalue weighted by Crippen LogP contribution is 2.46. The second-order valence-corrected chi connectivity index (χ2v) is 8.62. The highest BCUT2D eigenvalue weighted by atomic mass is 16.7. The van der Waals surface area contributed by atoms with Crippen LogP contribution in [0.15, 0.2) is 30.3 Å². The highest BCUT2D eigenvalue weighted by Gasteiger charge is 2.48. The van der Waals surface area contributed by atoms with Crippen molar-refractivity contribution in [1.29, 1.82) is 0 Å². The smallest absolute Gasteiger partial charge is 0.202 e. The van der Waals surface area contributed by atoms with Crippen molar-refractivity contribution in [1.82, 2.24) is 0 Å². The van der Waals surface area contributed by atoms with E-state index in [-0.39, 0.29) is 56.8 Å². The molecule has 2 aromatic carbocycles. The number of epoxide rings is 1. The number of rotatable bonds is 23. The molecule has 0 radical (unpaired) electrons. The lowest BCUT2D eigenvalue weighted by Crippen LogP contribution is -2.16. The zero-order valence-electron chi connectivity index (χ0n) is 25.0. The molecule has 1 heterocycles. The van der Waals surface area contributed by atoms with Crippen LogP contribution in [-0.4, -0.2) is 78.9 Å². The van der Waals surface area contributed by atoms with Crippen molar-refractivity contribution in [2.45, 2.75) is 46.8 Å². The third kappa shape index (κ3) is 10.0. The molecule has 42 heavy (non-hydrogen) atoms. The first kappa shape index (κ1) is 33.4. The maximum Gasteiger partial charge on any atom is 0.202 e. The van der Waals surface area contributed by atoms with Crippen molar-refractivity contribution in [3.8, 4) is 28.7 Å². The number of hydrogen-bond acceptors (Lipinski definition) is 12. The summed E-state index contributed by atoms with van der Waals surface area (Å²) in [5.74, 6) is 1.44. The summed E-state index contributed by atoms with van der Waals surface area (Å²) in [6.07, 6.45) is -1.32. The first-order chi connectivity index (χ1) is 20.6. The van der Waals surface area contributed by atoms with Gasteiger partial charge in [0, 0.05) is 45.2 Å². The molecule has 1 aliphatic heterocycles. The molecule has 0 unspecified atom stereocenters. The summed E-state index contributed by atoms with van der Waals surface area (Å²) in [7, 11) is 0. The normalized spacial score (nSPS) is 15.7. The van der Waals surface area contributed by atoms with Gasteiger partial charge >= 0.3 is 0 Å². The monoisotopic (exact) mass is 594 g/mol. The lowest BCUT2D eigenvalue weighted by molar-refractivity contribution is 0.00599. The average Bonchev–Trinajstić information content (AvgIpc) is 3.79. The topological polar surface area (TPSA) is 122 Å². The van der Waals surface area contributed by atoms with Crippen molar-refractivity contribution in [3.63, 3.8) is 0 Å². The van der Waals surface area contributed by atoms with Crippen molar-refractivity contribution in [2.75, 3.05) is 67.0 Å². The zero-order chi connectivity index (χ0) is 30.2. The predicted molar refractivity (Wildman–Crippen MR) is 150 cm³/mol. The molecular weight excluding hydrogens is 552 g/mol. The van der Waals surface area contributed by atoms with E-state index in [1.165, 1.54) is 0 Å². The Morgan fingerprint density at radius 3 is 1.55 bits per heavy atom. The zero-order valence-corrected chi connectivity index (χ0v) is 25.0. The number of Topliss-reactive ketones (excluding diaryl/α,β-unsaturated/α-hetero) is 1. The minimum absolute atomic E-state index is 0.0192. The van der Waals surface area contributed by atoms with Gasteiger partial charge in [0.1, 0.15) is 28.9 Å². The number of carbonyl (C=O) groups is 1. The van der Waals surface area contributed by atoms with Gasteiger partial charge < -0.3 is 52.1 Å². The van der Waals surface area contributed by atoms with Crippen LogP contribution in [0.5, 0.6) is 28.7 Å². The third-order valence-corrected chi connectivity index (χ3v) is 5.85. The van der Waals surface area contributed by atoms with Gasteiger partial charge in [-0.3, -0.25) is 4.79 Å². The molecule has 0 spiro atoms. The van der Waals surface area contributed by atoms with E-state index in [0.29, 0.717) is 50.3 Å². The van der Waals surface area contributed by atoms with E-state index in [9.17, 15) is 4.79 Å². The van der Waals surface area contributed by atoms with Gasteiger partial charge in [0.15, 0.2) is 51.6 Å². The van der Waals surface area contributed by atoms with E-state index in [2.05, 4.69) is 0 Å². The molecule has 12 heteroatoms. The van der Waals surface area contributed by atoms with Gasteiger partial charge in [0.2, 0.25) is 5.78 Å². The van der Waals surface area contributed by atoms with Crippen molar-refractivity contribution >= 4 is 5.78 Å². The fraction of sp³-hybridized carbons (Fsp3) is 0.567. The van der Waals surface area contributed by atoms with Crippen molar-refractivity contribution in [2.24, 2.45) is 0 Å². The Bertz CT molecular complexity index is 1060. The molecule has 12 nitrogen and oxygen atoms in total. The quantitative estimate of drug-likeness (QED) is 0.0755. The Hall–Kier alpha value is -3.13. The second kappa shape index (κ2) is 18.4. The summed E-state index contributed by atoms with van der Waals surface area (Å²) in [4.78, 5) is 13.9. The van der Waals surface area contributed by atoms with E-state index in [0.717, 1.165) is 5.56 Å². The van der Waals surface area contributed by atoms with Gasteiger partial charge in [-0.25, -0.2) is 0 Å². The molecule has 0 amide bonds. The van der Waals surface area contributed by atoms with Crippen molar-refractivity contribution < 1.29 is 56.9 Å². The van der Waals surface area contributed by atoms with Gasteiger partial charge in [0.25, 0.3) is 0 Å². The van der Waals surface area contributed by atoms with Gasteiger partial charge in [-0.05, 0) is 52.3 Å². The Morgan fingerprint density at radius 2 is 1.05 bits per heavy atom. The minimum Gasteiger partial charge on any atom is -0.467 e. The van der Waals surface area contributed by atoms with Gasteiger partial charge in [0.05, 0.1) is 0 Å². The Morgan fingerprint density at radius 1 is 0.595 bits per heavy atom. The fourth-order valence-corrected chi connectivity index (χ4v) is 3.71. The third-order valence-electron chi connectivity index (χ3n) is 5.85. The molecule has 0 bridgehead atoms. The van der Waals surface area contributed by atoms with Crippen LogP contribution < -0.4 is 23.7 Å². The van der Waals surface area contributed by atoms with Crippen LogP contribution in [0.2, 0.25) is 0 Å². The number of hydrogen-bond donors (Lipinski definition) is 0. The van der Waals surface area contributed by atoms with Crippen LogP contribution in [0.3, 0.4) is 0 Å². The molecule has 0 saturated carbocycles. The highest BCUT2D eigenvalue weighted by molar-refractivity contribution is 6.06. The molecule has 1 aliphatic rings. The largest absolute Gasteiger partial charge is 0.467 e. The Labute approximate surface area is 246 Å². The molecule has 0 aliphatic carbocycles. The van der Waals surface area contributed by atoms with Gasteiger partial charge in [-0.1, -0.05) is 6.07 Å². The maximum absolute atomic E-state index is 13.9. The Balaban J connectivity index is 1.87. The summed E-state index contributed by atoms with van der Waals surface area (Å²) in [5, 5.41) is 0. The first-order valence-corrected chi connectivity index (χ1v) is 14.1. The van der Waals surface area contributed by atoms with E-state index in [4.69, 9.17) is 52.1 Å². The summed E-state index contributed by atoms with van der Waals surface area (Å²) in [6.45, 7) is 11.6. The number of ether oxygens (including phenoxy) is 11. The second-order valence-electron chi connectivity index (χ2n) is 8.62. The molecule has 1 fully saturated rings. The van der Waals surface area contributed by atoms with E-state index < -0.39 is 12.2 Å². The predicted octanol–water partition coefficient (Wildman–Crippen LogP) is 4.87. The maximum atomic E-state index is 13.9. The van der Waals surface area contributed by atoms with Crippen LogP contribution in [0.1, 0.15) is 56.6 Å². The SMILES string of the molecule is CCOCOc1cc(OCOCC)c(C(=O)[C@H]2O[C@H]2c2ccc(OCOCC)c(OCOCC)c2)c(OCOCC)c1. The molecular formula is C30H42O12. The molecule has 234 valence electrons. The fourth-order valence-electron chi connectivity index (χ4n) is 3.71. The number of ketones is 1. The van der Waals surface area contributed by atoms with Crippen LogP contribution in [-0.2, 0) is 28.4 Å². The minimum atomic E-state index is -0.793. The van der Waals surface area contributed by atoms with Crippen LogP contribution >= 0.6 is 0 Å². The van der Waals surface area contributed by atoms with E-state index >= 15 is 0 Å². The summed E-state index contributed by atoms with van der Waals surface area (Å²) in [5.41, 5.74) is 0.920. The van der Waals surface area contributed by atoms with Crippen molar-refractivity contribution in [3.05, 3.63) is 41.5 Å². The molecule has 2 aromatic rings. The van der Waals surface area contributed by atoms with Crippen LogP contribution in [0.25, 0.3) is 0 Å². The average molecular weight is 595 g/mol. The first-order valence-electron chi connectivity index (χ1n) is 14.1. The number of benzene rings is 2. The van der Waals surface area contributed by atoms with Gasteiger partial charge in [-0.15, -0.1) is 0 Å². The molecule has 1 saturated heterocycles. The van der Waals surface area contributed by atoms with Crippen LogP contribution in [0, 0.1) is 0 Å². The molecule has 2 atom stereocenters. The summed E-state index contributed by atoms with van der Waals surface area (Å²) >= 11 is 0. The van der Waals surface area contributed by atoms with E-state index in [1.807, 2.05) is 40.7 Å².